The van der Waals surface area contributed by atoms with Crippen molar-refractivity contribution in [3.8, 4) is 0 Å². The fourth-order valence-corrected chi connectivity index (χ4v) is 3.19. The van der Waals surface area contributed by atoms with Crippen molar-refractivity contribution in [2.24, 2.45) is 5.73 Å². The van der Waals surface area contributed by atoms with Gasteiger partial charge >= 0.3 is 0 Å². The van der Waals surface area contributed by atoms with Crippen LogP contribution in [0.15, 0.2) is 33.6 Å². The maximum absolute atomic E-state index is 12.1. The molecule has 1 aromatic rings. The van der Waals surface area contributed by atoms with Gasteiger partial charge in [0.05, 0.1) is 15.4 Å². The van der Waals surface area contributed by atoms with E-state index in [4.69, 9.17) is 18.0 Å². The maximum atomic E-state index is 12.1. The van der Waals surface area contributed by atoms with Crippen LogP contribution < -0.4 is 10.5 Å². The molecule has 17 heavy (non-hydrogen) atoms. The first-order chi connectivity index (χ1) is 7.65. The van der Waals surface area contributed by atoms with Crippen molar-refractivity contribution in [1.29, 1.82) is 0 Å². The van der Waals surface area contributed by atoms with Gasteiger partial charge in [0.15, 0.2) is 0 Å². The van der Waals surface area contributed by atoms with Crippen LogP contribution in [0.1, 0.15) is 13.8 Å². The number of rotatable bonds is 4. The smallest absolute Gasteiger partial charge is 0.241 e. The molecule has 94 valence electrons. The predicted molar refractivity (Wildman–Crippen MR) is 75.3 cm³/mol. The zero-order valence-corrected chi connectivity index (χ0v) is 12.6. The Balaban J connectivity index is 3.10. The fraction of sp³-hybridized carbons (Fsp3) is 0.300. The normalized spacial score (nSPS) is 12.4. The molecule has 3 N–H and O–H groups in total. The molecule has 0 unspecified atom stereocenters. The van der Waals surface area contributed by atoms with Gasteiger partial charge in [-0.25, -0.2) is 8.42 Å². The lowest BCUT2D eigenvalue weighted by Crippen LogP contribution is -2.51. The van der Waals surface area contributed by atoms with E-state index in [2.05, 4.69) is 20.7 Å². The highest BCUT2D eigenvalue weighted by Gasteiger charge is 2.28. The highest BCUT2D eigenvalue weighted by molar-refractivity contribution is 9.10. The molecule has 0 aromatic heterocycles. The van der Waals surface area contributed by atoms with Gasteiger partial charge < -0.3 is 5.73 Å². The summed E-state index contributed by atoms with van der Waals surface area (Å²) in [7, 11) is -3.63. The molecule has 0 atom stereocenters. The lowest BCUT2D eigenvalue weighted by molar-refractivity contribution is 0.546. The van der Waals surface area contributed by atoms with Crippen LogP contribution in [0.5, 0.6) is 0 Å². The van der Waals surface area contributed by atoms with Gasteiger partial charge in [-0.2, -0.15) is 4.72 Å². The van der Waals surface area contributed by atoms with Crippen molar-refractivity contribution in [2.75, 3.05) is 0 Å². The van der Waals surface area contributed by atoms with Crippen LogP contribution in [0, 0.1) is 0 Å². The van der Waals surface area contributed by atoms with E-state index in [1.165, 1.54) is 12.1 Å². The zero-order chi connectivity index (χ0) is 13.3. The highest BCUT2D eigenvalue weighted by atomic mass is 79.9. The second-order valence-electron chi connectivity index (χ2n) is 4.05. The van der Waals surface area contributed by atoms with E-state index in [1.807, 2.05) is 0 Å². The van der Waals surface area contributed by atoms with Gasteiger partial charge in [0.25, 0.3) is 0 Å². The van der Waals surface area contributed by atoms with Crippen molar-refractivity contribution >= 4 is 43.2 Å². The van der Waals surface area contributed by atoms with Gasteiger partial charge in [-0.3, -0.25) is 0 Å². The Hall–Kier alpha value is -0.500. The summed E-state index contributed by atoms with van der Waals surface area (Å²) in [5.74, 6) is 0. The third kappa shape index (κ3) is 3.74. The summed E-state index contributed by atoms with van der Waals surface area (Å²) in [4.78, 5) is 0.257. The number of benzene rings is 1. The van der Waals surface area contributed by atoms with Crippen LogP contribution in [-0.4, -0.2) is 18.9 Å². The molecule has 0 aliphatic carbocycles. The van der Waals surface area contributed by atoms with Crippen LogP contribution in [-0.2, 0) is 10.0 Å². The van der Waals surface area contributed by atoms with Crippen molar-refractivity contribution in [1.82, 2.24) is 4.72 Å². The zero-order valence-electron chi connectivity index (χ0n) is 9.40. The second-order valence-corrected chi connectivity index (χ2v) is 7.09. The van der Waals surface area contributed by atoms with Crippen molar-refractivity contribution in [2.45, 2.75) is 24.3 Å². The Morgan fingerprint density at radius 2 is 2.06 bits per heavy atom. The van der Waals surface area contributed by atoms with Gasteiger partial charge in [0.1, 0.15) is 0 Å². The summed E-state index contributed by atoms with van der Waals surface area (Å²) in [6, 6.07) is 6.41. The van der Waals surface area contributed by atoms with Crippen LogP contribution in [0.2, 0.25) is 0 Å². The SMILES string of the molecule is CC(C)(NS(=O)(=O)c1cccc(Br)c1)C(N)=S. The van der Waals surface area contributed by atoms with Crippen LogP contribution in [0.25, 0.3) is 0 Å². The summed E-state index contributed by atoms with van der Waals surface area (Å²) < 4.78 is 27.3. The van der Waals surface area contributed by atoms with Crippen molar-refractivity contribution < 1.29 is 8.42 Å². The number of hydrogen-bond acceptors (Lipinski definition) is 3. The molecule has 0 aliphatic heterocycles. The quantitative estimate of drug-likeness (QED) is 0.822. The third-order valence-electron chi connectivity index (χ3n) is 2.11. The Morgan fingerprint density at radius 1 is 1.47 bits per heavy atom. The molecule has 1 aromatic carbocycles. The Kier molecular flexibility index (Phi) is 4.29. The molecule has 0 saturated heterocycles. The number of halogens is 1. The van der Waals surface area contributed by atoms with Crippen LogP contribution in [0.3, 0.4) is 0 Å². The van der Waals surface area contributed by atoms with E-state index in [-0.39, 0.29) is 9.88 Å². The van der Waals surface area contributed by atoms with Crippen molar-refractivity contribution in [3.05, 3.63) is 28.7 Å². The monoisotopic (exact) mass is 336 g/mol. The molecule has 4 nitrogen and oxygen atoms in total. The van der Waals surface area contributed by atoms with Gasteiger partial charge in [-0.05, 0) is 32.0 Å². The Bertz CT molecular complexity index is 541. The van der Waals surface area contributed by atoms with Crippen LogP contribution in [0.4, 0.5) is 0 Å². The standard InChI is InChI=1S/C10H13BrN2O2S2/c1-10(2,9(12)16)13-17(14,15)8-5-3-4-7(11)6-8/h3-6,13H,1-2H3,(H2,12,16). The molecule has 0 amide bonds. The van der Waals surface area contributed by atoms with E-state index >= 15 is 0 Å². The first-order valence-corrected chi connectivity index (χ1v) is 7.43. The number of nitrogens with one attached hydrogen (secondary N) is 1. The maximum Gasteiger partial charge on any atom is 0.241 e. The number of nitrogens with two attached hydrogens (primary N) is 1. The molecule has 1 rings (SSSR count). The molecular weight excluding hydrogens is 324 g/mol. The van der Waals surface area contributed by atoms with Gasteiger partial charge in [0.2, 0.25) is 10.0 Å². The average Bonchev–Trinajstić information content (AvgIpc) is 2.15. The lowest BCUT2D eigenvalue weighted by Gasteiger charge is -2.24. The molecule has 0 spiro atoms. The first-order valence-electron chi connectivity index (χ1n) is 4.74. The number of hydrogen-bond donors (Lipinski definition) is 2. The first kappa shape index (κ1) is 14.6. The molecule has 0 radical (unpaired) electrons. The van der Waals surface area contributed by atoms with E-state index < -0.39 is 15.6 Å². The molecule has 0 heterocycles. The largest absolute Gasteiger partial charge is 0.392 e. The Labute approximate surface area is 115 Å². The van der Waals surface area contributed by atoms with E-state index in [0.29, 0.717) is 4.47 Å². The number of sulfonamides is 1. The summed E-state index contributed by atoms with van der Waals surface area (Å²) in [6.07, 6.45) is 0. The fourth-order valence-electron chi connectivity index (χ4n) is 1.08. The molecule has 7 heteroatoms. The lowest BCUT2D eigenvalue weighted by atomic mass is 10.1. The topological polar surface area (TPSA) is 72.2 Å². The summed E-state index contributed by atoms with van der Waals surface area (Å²) >= 11 is 8.04. The minimum Gasteiger partial charge on any atom is -0.392 e. The van der Waals surface area contributed by atoms with Gasteiger partial charge in [-0.15, -0.1) is 0 Å². The average molecular weight is 337 g/mol. The molecular formula is C10H13BrN2O2S2. The van der Waals surface area contributed by atoms with E-state index in [0.717, 1.165) is 0 Å². The van der Waals surface area contributed by atoms with E-state index in [9.17, 15) is 8.42 Å². The molecule has 0 bridgehead atoms. The third-order valence-corrected chi connectivity index (χ3v) is 4.77. The van der Waals surface area contributed by atoms with Crippen molar-refractivity contribution in [3.63, 3.8) is 0 Å². The second kappa shape index (κ2) is 5.01. The van der Waals surface area contributed by atoms with Crippen LogP contribution >= 0.6 is 28.1 Å². The molecule has 0 saturated carbocycles. The molecule has 0 fully saturated rings. The summed E-state index contributed by atoms with van der Waals surface area (Å²) in [6.45, 7) is 3.23. The highest BCUT2D eigenvalue weighted by Crippen LogP contribution is 2.18. The summed E-state index contributed by atoms with van der Waals surface area (Å²) in [5, 5.41) is 0. The number of thiocarbonyl (C=S) groups is 1. The molecule has 0 aliphatic rings. The summed E-state index contributed by atoms with van der Waals surface area (Å²) in [5.41, 5.74) is 4.52. The Morgan fingerprint density at radius 3 is 2.53 bits per heavy atom. The predicted octanol–water partition coefficient (Wildman–Crippen LogP) is 1.79. The van der Waals surface area contributed by atoms with Gasteiger partial charge in [-0.1, -0.05) is 34.2 Å². The minimum atomic E-state index is -3.63. The minimum absolute atomic E-state index is 0.0936. The van der Waals surface area contributed by atoms with E-state index in [1.54, 1.807) is 26.0 Å². The van der Waals surface area contributed by atoms with Gasteiger partial charge in [0, 0.05) is 4.47 Å².